The molecule has 39 heavy (non-hydrogen) atoms. The maximum Gasteiger partial charge on any atom is 0.343 e. The molecular weight excluding hydrogens is 545 g/mol. The maximum atomic E-state index is 13.0. The summed E-state index contributed by atoms with van der Waals surface area (Å²) in [5.74, 6) is -0.750. The highest BCUT2D eigenvalue weighted by Crippen LogP contribution is 2.28. The van der Waals surface area contributed by atoms with E-state index in [-0.39, 0.29) is 18.1 Å². The SMILES string of the molecule is COC(=O)COc1ccc(/C=N\NC(=O)[C@H](Cc2ccccc2)NC(=O)[C@H](C)Oc2ccc(Cl)cc2Cl)cc1. The molecule has 3 rings (SSSR count). The Balaban J connectivity index is 1.63. The van der Waals surface area contributed by atoms with Crippen molar-refractivity contribution in [2.24, 2.45) is 5.10 Å². The van der Waals surface area contributed by atoms with Crippen LogP contribution in [0.25, 0.3) is 0 Å². The van der Waals surface area contributed by atoms with Crippen LogP contribution in [0.4, 0.5) is 0 Å². The number of carbonyl (C=O) groups is 3. The largest absolute Gasteiger partial charge is 0.482 e. The van der Waals surface area contributed by atoms with E-state index in [1.165, 1.54) is 19.4 Å². The lowest BCUT2D eigenvalue weighted by Crippen LogP contribution is -2.50. The van der Waals surface area contributed by atoms with Gasteiger partial charge in [0.1, 0.15) is 17.5 Å². The number of nitrogens with zero attached hydrogens (tertiary/aromatic N) is 1. The summed E-state index contributed by atoms with van der Waals surface area (Å²) in [6.07, 6.45) is 0.727. The van der Waals surface area contributed by atoms with Gasteiger partial charge in [0.2, 0.25) is 0 Å². The predicted octanol–water partition coefficient (Wildman–Crippen LogP) is 4.19. The first-order valence-electron chi connectivity index (χ1n) is 11.8. The minimum atomic E-state index is -0.946. The molecule has 0 aliphatic carbocycles. The fourth-order valence-corrected chi connectivity index (χ4v) is 3.72. The van der Waals surface area contributed by atoms with Crippen molar-refractivity contribution >= 4 is 47.2 Å². The van der Waals surface area contributed by atoms with Gasteiger partial charge in [0.05, 0.1) is 18.3 Å². The number of rotatable bonds is 12. The van der Waals surface area contributed by atoms with Crippen molar-refractivity contribution in [3.8, 4) is 11.5 Å². The second kappa shape index (κ2) is 14.8. The monoisotopic (exact) mass is 571 g/mol. The molecule has 0 heterocycles. The average molecular weight is 572 g/mol. The van der Waals surface area contributed by atoms with Crippen LogP contribution in [-0.4, -0.2) is 49.9 Å². The molecule has 0 aromatic heterocycles. The first kappa shape index (κ1) is 29.5. The number of ether oxygens (including phenoxy) is 3. The molecule has 0 radical (unpaired) electrons. The minimum absolute atomic E-state index is 0.203. The number of hydrazone groups is 1. The Morgan fingerprint density at radius 3 is 2.36 bits per heavy atom. The van der Waals surface area contributed by atoms with Gasteiger partial charge in [-0.25, -0.2) is 10.2 Å². The molecule has 204 valence electrons. The number of benzene rings is 3. The number of amides is 2. The van der Waals surface area contributed by atoms with E-state index in [1.807, 2.05) is 30.3 Å². The third-order valence-corrected chi connectivity index (χ3v) is 5.87. The van der Waals surface area contributed by atoms with Gasteiger partial charge in [-0.1, -0.05) is 53.5 Å². The highest BCUT2D eigenvalue weighted by molar-refractivity contribution is 6.35. The van der Waals surface area contributed by atoms with Gasteiger partial charge < -0.3 is 19.5 Å². The van der Waals surface area contributed by atoms with E-state index in [4.69, 9.17) is 32.7 Å². The van der Waals surface area contributed by atoms with Crippen LogP contribution in [0.2, 0.25) is 10.0 Å². The van der Waals surface area contributed by atoms with Crippen molar-refractivity contribution in [2.75, 3.05) is 13.7 Å². The highest BCUT2D eigenvalue weighted by atomic mass is 35.5. The first-order chi connectivity index (χ1) is 18.7. The van der Waals surface area contributed by atoms with Gasteiger partial charge in [0.15, 0.2) is 12.7 Å². The van der Waals surface area contributed by atoms with Crippen molar-refractivity contribution in [3.63, 3.8) is 0 Å². The lowest BCUT2D eigenvalue weighted by molar-refractivity contribution is -0.142. The Hall–Kier alpha value is -4.08. The third-order valence-electron chi connectivity index (χ3n) is 5.34. The quantitative estimate of drug-likeness (QED) is 0.191. The van der Waals surface area contributed by atoms with Gasteiger partial charge in [-0.05, 0) is 60.5 Å². The summed E-state index contributed by atoms with van der Waals surface area (Å²) in [5.41, 5.74) is 3.99. The molecule has 2 atom stereocenters. The molecule has 3 aromatic carbocycles. The lowest BCUT2D eigenvalue weighted by Gasteiger charge is -2.21. The normalized spacial score (nSPS) is 12.3. The van der Waals surface area contributed by atoms with E-state index >= 15 is 0 Å². The van der Waals surface area contributed by atoms with E-state index < -0.39 is 29.9 Å². The lowest BCUT2D eigenvalue weighted by atomic mass is 10.1. The summed E-state index contributed by atoms with van der Waals surface area (Å²) in [6.45, 7) is 1.35. The topological polar surface area (TPSA) is 115 Å². The molecule has 11 heteroatoms. The zero-order valence-electron chi connectivity index (χ0n) is 21.2. The van der Waals surface area contributed by atoms with Crippen molar-refractivity contribution in [3.05, 3.63) is 94.0 Å². The minimum Gasteiger partial charge on any atom is -0.482 e. The Labute approximate surface area is 236 Å². The molecule has 0 unspecified atom stereocenters. The molecule has 0 aliphatic heterocycles. The molecule has 0 saturated heterocycles. The first-order valence-corrected chi connectivity index (χ1v) is 12.6. The summed E-state index contributed by atoms with van der Waals surface area (Å²) < 4.78 is 15.5. The van der Waals surface area contributed by atoms with Crippen molar-refractivity contribution < 1.29 is 28.6 Å². The van der Waals surface area contributed by atoms with Crippen LogP contribution in [0.15, 0.2) is 77.9 Å². The summed E-state index contributed by atoms with van der Waals surface area (Å²) in [5, 5.41) is 7.44. The van der Waals surface area contributed by atoms with E-state index in [0.717, 1.165) is 5.56 Å². The molecule has 0 aliphatic rings. The molecule has 0 bridgehead atoms. The molecule has 9 nitrogen and oxygen atoms in total. The standard InChI is InChI=1S/C28H27Cl2N3O6/c1-18(39-25-13-10-21(29)15-23(25)30)27(35)32-24(14-19-6-4-3-5-7-19)28(36)33-31-16-20-8-11-22(12-9-20)38-17-26(34)37-2/h3-13,15-16,18,24H,14,17H2,1-2H3,(H,32,35)(H,33,36)/b31-16-/t18-,24-/m0/s1. The average Bonchev–Trinajstić information content (AvgIpc) is 2.93. The number of nitrogens with one attached hydrogen (secondary N) is 2. The summed E-state index contributed by atoms with van der Waals surface area (Å²) >= 11 is 12.1. The van der Waals surface area contributed by atoms with Crippen LogP contribution in [0.1, 0.15) is 18.1 Å². The zero-order chi connectivity index (χ0) is 28.2. The van der Waals surface area contributed by atoms with Crippen LogP contribution < -0.4 is 20.2 Å². The molecule has 0 saturated carbocycles. The molecule has 0 fully saturated rings. The fourth-order valence-electron chi connectivity index (χ4n) is 3.26. The molecule has 2 N–H and O–H groups in total. The fraction of sp³-hybridized carbons (Fsp3) is 0.214. The molecule has 3 aromatic rings. The molecular formula is C28H27Cl2N3O6. The van der Waals surface area contributed by atoms with Crippen LogP contribution in [0.5, 0.6) is 11.5 Å². The molecule has 2 amide bonds. The predicted molar refractivity (Wildman–Crippen MR) is 148 cm³/mol. The Bertz CT molecular complexity index is 1300. The van der Waals surface area contributed by atoms with E-state index in [1.54, 1.807) is 43.3 Å². The Morgan fingerprint density at radius 1 is 0.974 bits per heavy atom. The van der Waals surface area contributed by atoms with Crippen molar-refractivity contribution in [1.29, 1.82) is 0 Å². The van der Waals surface area contributed by atoms with Gasteiger partial charge in [-0.2, -0.15) is 5.10 Å². The van der Waals surface area contributed by atoms with Gasteiger partial charge in [-0.15, -0.1) is 0 Å². The van der Waals surface area contributed by atoms with Crippen LogP contribution in [0.3, 0.4) is 0 Å². The number of carbonyl (C=O) groups excluding carboxylic acids is 3. The van der Waals surface area contributed by atoms with Gasteiger partial charge in [-0.3, -0.25) is 9.59 Å². The van der Waals surface area contributed by atoms with E-state index in [9.17, 15) is 14.4 Å². The Morgan fingerprint density at radius 2 is 1.69 bits per heavy atom. The molecule has 0 spiro atoms. The van der Waals surface area contributed by atoms with Gasteiger partial charge >= 0.3 is 5.97 Å². The van der Waals surface area contributed by atoms with Crippen LogP contribution in [0, 0.1) is 0 Å². The number of methoxy groups -OCH3 is 1. The number of esters is 1. The van der Waals surface area contributed by atoms with E-state index in [2.05, 4.69) is 20.6 Å². The maximum absolute atomic E-state index is 13.0. The third kappa shape index (κ3) is 9.63. The van der Waals surface area contributed by atoms with Gasteiger partial charge in [0, 0.05) is 11.4 Å². The van der Waals surface area contributed by atoms with Crippen LogP contribution >= 0.6 is 23.2 Å². The Kier molecular flexibility index (Phi) is 11.1. The van der Waals surface area contributed by atoms with Gasteiger partial charge in [0.25, 0.3) is 11.8 Å². The summed E-state index contributed by atoms with van der Waals surface area (Å²) in [7, 11) is 1.28. The highest BCUT2D eigenvalue weighted by Gasteiger charge is 2.25. The van der Waals surface area contributed by atoms with E-state index in [0.29, 0.717) is 22.1 Å². The second-order valence-corrected chi connectivity index (χ2v) is 9.10. The van der Waals surface area contributed by atoms with Crippen molar-refractivity contribution in [1.82, 2.24) is 10.7 Å². The summed E-state index contributed by atoms with van der Waals surface area (Å²) in [6, 6.07) is 19.7. The zero-order valence-corrected chi connectivity index (χ0v) is 22.7. The second-order valence-electron chi connectivity index (χ2n) is 8.25. The number of hydrogen-bond acceptors (Lipinski definition) is 7. The van der Waals surface area contributed by atoms with Crippen LogP contribution in [-0.2, 0) is 25.5 Å². The van der Waals surface area contributed by atoms with Crippen molar-refractivity contribution in [2.45, 2.75) is 25.5 Å². The number of hydrogen-bond donors (Lipinski definition) is 2. The summed E-state index contributed by atoms with van der Waals surface area (Å²) in [4.78, 5) is 37.1. The number of halogens is 2. The smallest absolute Gasteiger partial charge is 0.343 e.